The van der Waals surface area contributed by atoms with Crippen molar-refractivity contribution in [1.29, 1.82) is 5.26 Å². The van der Waals surface area contributed by atoms with Gasteiger partial charge in [0.15, 0.2) is 0 Å². The van der Waals surface area contributed by atoms with Crippen molar-refractivity contribution >= 4 is 44.4 Å². The first kappa shape index (κ1) is 24.8. The van der Waals surface area contributed by atoms with Gasteiger partial charge in [0.05, 0.1) is 15.8 Å². The normalized spacial score (nSPS) is 15.7. The molecule has 3 aromatic rings. The maximum absolute atomic E-state index is 13.4. The zero-order valence-electron chi connectivity index (χ0n) is 18.6. The third-order valence-electron chi connectivity index (χ3n) is 6.26. The molecule has 1 atom stereocenters. The fraction of sp³-hybridized carbons (Fsp3) is 0.348. The summed E-state index contributed by atoms with van der Waals surface area (Å²) in [6.45, 7) is 0.677. The molecule has 12 heteroatoms. The molecule has 1 aliphatic rings. The van der Waals surface area contributed by atoms with E-state index in [-0.39, 0.29) is 36.0 Å². The number of hydrogen-bond acceptors (Lipinski definition) is 5. The van der Waals surface area contributed by atoms with Crippen LogP contribution in [0.1, 0.15) is 25.0 Å². The Morgan fingerprint density at radius 1 is 1.26 bits per heavy atom. The Morgan fingerprint density at radius 2 is 2.00 bits per heavy atom. The highest BCUT2D eigenvalue weighted by atomic mass is 35.5. The highest BCUT2D eigenvalue weighted by Gasteiger charge is 2.33. The lowest BCUT2D eigenvalue weighted by Gasteiger charge is -2.33. The van der Waals surface area contributed by atoms with Crippen molar-refractivity contribution in [2.75, 3.05) is 13.1 Å². The number of aromatic nitrogens is 2. The average Bonchev–Trinajstić information content (AvgIpc) is 3.47. The van der Waals surface area contributed by atoms with Crippen molar-refractivity contribution < 1.29 is 23.1 Å². The van der Waals surface area contributed by atoms with E-state index in [1.165, 1.54) is 17.2 Å². The van der Waals surface area contributed by atoms with E-state index in [0.29, 0.717) is 29.4 Å². The number of likely N-dealkylation sites (tertiary alicyclic amines) is 1. The molecule has 1 unspecified atom stereocenters. The number of aryl methyl sites for hydroxylation is 1. The minimum absolute atomic E-state index is 0.0534. The molecule has 0 saturated carbocycles. The summed E-state index contributed by atoms with van der Waals surface area (Å²) in [5, 5.41) is 19.1. The van der Waals surface area contributed by atoms with Crippen LogP contribution in [0.25, 0.3) is 10.9 Å². The first-order valence-electron chi connectivity index (χ1n) is 11.1. The Bertz CT molecular complexity index is 1400. The van der Waals surface area contributed by atoms with E-state index in [1.807, 2.05) is 0 Å². The number of aliphatic carboxylic acids is 1. The minimum Gasteiger partial charge on any atom is -0.481 e. The molecule has 3 N–H and O–H groups in total. The van der Waals surface area contributed by atoms with Crippen LogP contribution in [-0.2, 0) is 26.2 Å². The molecule has 1 fully saturated rings. The van der Waals surface area contributed by atoms with Gasteiger partial charge >= 0.3 is 5.97 Å². The van der Waals surface area contributed by atoms with E-state index >= 15 is 0 Å². The van der Waals surface area contributed by atoms with Crippen LogP contribution in [0.15, 0.2) is 47.6 Å². The molecule has 1 amide bonds. The number of piperidine rings is 1. The second-order valence-corrected chi connectivity index (χ2v) is 10.5. The molecule has 10 nitrogen and oxygen atoms in total. The monoisotopic (exact) mass is 517 g/mol. The van der Waals surface area contributed by atoms with Crippen LogP contribution in [-0.4, -0.2) is 59.0 Å². The number of sulfonamides is 1. The van der Waals surface area contributed by atoms with Crippen molar-refractivity contribution in [3.8, 4) is 6.07 Å². The summed E-state index contributed by atoms with van der Waals surface area (Å²) in [5.41, 5.74) is 0.938. The van der Waals surface area contributed by atoms with Crippen molar-refractivity contribution in [3.63, 3.8) is 0 Å². The van der Waals surface area contributed by atoms with Crippen LogP contribution in [0.3, 0.4) is 0 Å². The smallest absolute Gasteiger partial charge is 0.306 e. The van der Waals surface area contributed by atoms with Gasteiger partial charge in [-0.3, -0.25) is 9.59 Å². The largest absolute Gasteiger partial charge is 0.481 e. The Kier molecular flexibility index (Phi) is 7.16. The molecule has 184 valence electrons. The Hall–Kier alpha value is -3.33. The van der Waals surface area contributed by atoms with E-state index in [0.717, 1.165) is 0 Å². The number of benzene rings is 1. The second-order valence-electron chi connectivity index (χ2n) is 8.41. The number of aromatic amines is 1. The summed E-state index contributed by atoms with van der Waals surface area (Å²) >= 11 is 6.23. The number of fused-ring (bicyclic) bond motifs is 1. The highest BCUT2D eigenvalue weighted by Crippen LogP contribution is 2.30. The van der Waals surface area contributed by atoms with Crippen LogP contribution in [0.4, 0.5) is 0 Å². The number of nitriles is 1. The van der Waals surface area contributed by atoms with Crippen LogP contribution >= 0.6 is 11.6 Å². The second kappa shape index (κ2) is 10.1. The topological polar surface area (TPSA) is 148 Å². The van der Waals surface area contributed by atoms with Crippen molar-refractivity contribution in [3.05, 3.63) is 53.4 Å². The molecule has 4 rings (SSSR count). The van der Waals surface area contributed by atoms with E-state index < -0.39 is 33.9 Å². The fourth-order valence-electron chi connectivity index (χ4n) is 4.36. The number of amides is 1. The molecular formula is C23H24ClN5O5S. The van der Waals surface area contributed by atoms with Gasteiger partial charge in [-0.1, -0.05) is 17.7 Å². The van der Waals surface area contributed by atoms with Crippen molar-refractivity contribution in [1.82, 2.24) is 19.2 Å². The van der Waals surface area contributed by atoms with Gasteiger partial charge in [-0.15, -0.1) is 0 Å². The van der Waals surface area contributed by atoms with Gasteiger partial charge in [0.25, 0.3) is 0 Å². The Morgan fingerprint density at radius 3 is 2.69 bits per heavy atom. The van der Waals surface area contributed by atoms with E-state index in [9.17, 15) is 28.4 Å². The summed E-state index contributed by atoms with van der Waals surface area (Å²) in [6.07, 6.45) is 3.88. The summed E-state index contributed by atoms with van der Waals surface area (Å²) in [4.78, 5) is 29.1. The van der Waals surface area contributed by atoms with E-state index in [4.69, 9.17) is 11.6 Å². The molecule has 3 heterocycles. The van der Waals surface area contributed by atoms with Gasteiger partial charge in [-0.25, -0.2) is 8.42 Å². The van der Waals surface area contributed by atoms with Crippen LogP contribution in [0, 0.1) is 17.2 Å². The molecule has 1 saturated heterocycles. The van der Waals surface area contributed by atoms with E-state index in [2.05, 4.69) is 15.8 Å². The lowest BCUT2D eigenvalue weighted by molar-refractivity contribution is -0.146. The quantitative estimate of drug-likeness (QED) is 0.418. The number of nitrogens with one attached hydrogen (secondary N) is 2. The minimum atomic E-state index is -4.16. The highest BCUT2D eigenvalue weighted by molar-refractivity contribution is 7.89. The van der Waals surface area contributed by atoms with Gasteiger partial charge in [0.1, 0.15) is 17.8 Å². The zero-order chi connectivity index (χ0) is 25.2. The molecule has 35 heavy (non-hydrogen) atoms. The number of rotatable bonds is 8. The number of nitrogens with zero attached hydrogens (tertiary/aromatic N) is 3. The molecule has 0 radical (unpaired) electrons. The third-order valence-corrected chi connectivity index (χ3v) is 8.08. The molecule has 0 spiro atoms. The number of carboxylic acids is 1. The molecular weight excluding hydrogens is 494 g/mol. The van der Waals surface area contributed by atoms with Crippen LogP contribution < -0.4 is 4.72 Å². The molecule has 0 aliphatic carbocycles. The van der Waals surface area contributed by atoms with Gasteiger partial charge < -0.3 is 19.6 Å². The first-order valence-corrected chi connectivity index (χ1v) is 12.9. The number of H-pyrrole nitrogens is 1. The van der Waals surface area contributed by atoms with Crippen molar-refractivity contribution in [2.24, 2.45) is 5.92 Å². The van der Waals surface area contributed by atoms with Gasteiger partial charge in [0.2, 0.25) is 15.9 Å². The van der Waals surface area contributed by atoms with Gasteiger partial charge in [-0.2, -0.15) is 9.98 Å². The van der Waals surface area contributed by atoms with Crippen LogP contribution in [0.5, 0.6) is 0 Å². The van der Waals surface area contributed by atoms with Gasteiger partial charge in [0, 0.05) is 42.9 Å². The zero-order valence-corrected chi connectivity index (χ0v) is 20.2. The SMILES string of the molecule is N#Cc1cccn1CCC(NS(=O)(=O)c1cccc2[nH]cc(Cl)c12)C(=O)N1CCC(C(=O)O)CC1. The van der Waals surface area contributed by atoms with Crippen molar-refractivity contribution in [2.45, 2.75) is 36.7 Å². The Labute approximate surface area is 207 Å². The van der Waals surface area contributed by atoms with Crippen LogP contribution in [0.2, 0.25) is 5.02 Å². The summed E-state index contributed by atoms with van der Waals surface area (Å²) in [5.74, 6) is -1.86. The molecule has 1 aliphatic heterocycles. The molecule has 2 aromatic heterocycles. The summed E-state index contributed by atoms with van der Waals surface area (Å²) in [6, 6.07) is 8.97. The average molecular weight is 518 g/mol. The Balaban J connectivity index is 1.60. The first-order chi connectivity index (χ1) is 16.7. The van der Waals surface area contributed by atoms with E-state index in [1.54, 1.807) is 35.0 Å². The lowest BCUT2D eigenvalue weighted by Crippen LogP contribution is -2.51. The lowest BCUT2D eigenvalue weighted by atomic mass is 9.96. The maximum atomic E-state index is 13.4. The third kappa shape index (κ3) is 5.19. The van der Waals surface area contributed by atoms with Gasteiger partial charge in [-0.05, 0) is 43.5 Å². The number of carbonyl (C=O) groups is 2. The summed E-state index contributed by atoms with van der Waals surface area (Å²) in [7, 11) is -4.16. The maximum Gasteiger partial charge on any atom is 0.306 e. The predicted molar refractivity (Wildman–Crippen MR) is 128 cm³/mol. The molecule has 1 aromatic carbocycles. The number of carbonyl (C=O) groups excluding carboxylic acids is 1. The number of carboxylic acid groups (broad SMARTS) is 1. The number of hydrogen-bond donors (Lipinski definition) is 3. The number of halogens is 1. The summed E-state index contributed by atoms with van der Waals surface area (Å²) < 4.78 is 31.1. The molecule has 0 bridgehead atoms. The standard InChI is InChI=1S/C23H24ClN5O5S/c24-17-14-26-18-4-1-5-20(21(17)18)35(33,34)27-19(8-12-28-9-2-3-16(28)13-25)22(30)29-10-6-15(7-11-29)23(31)32/h1-5,9,14-15,19,26-27H,6-8,10-12H2,(H,31,32). The predicted octanol–water partition coefficient (Wildman–Crippen LogP) is 2.55. The fourth-order valence-corrected chi connectivity index (χ4v) is 6.15.